The third-order valence-corrected chi connectivity index (χ3v) is 6.23. The van der Waals surface area contributed by atoms with E-state index in [1.807, 2.05) is 35.3 Å². The predicted molar refractivity (Wildman–Crippen MR) is 125 cm³/mol. The minimum atomic E-state index is -0.889. The number of nitrogens with zero attached hydrogens (tertiary/aromatic N) is 7. The van der Waals surface area contributed by atoms with Gasteiger partial charge in [0, 0.05) is 24.0 Å². The third kappa shape index (κ3) is 3.60. The molecule has 1 aliphatic heterocycles. The fraction of sp³-hybridized carbons (Fsp3) is 0.375. The second kappa shape index (κ2) is 8.21. The zero-order chi connectivity index (χ0) is 24.0. The van der Waals surface area contributed by atoms with E-state index in [2.05, 4.69) is 33.5 Å². The first-order valence-corrected chi connectivity index (χ1v) is 11.2. The van der Waals surface area contributed by atoms with Crippen LogP contribution < -0.4 is 4.74 Å². The van der Waals surface area contributed by atoms with Crippen LogP contribution in [-0.4, -0.2) is 58.0 Å². The number of hydrogen-bond acceptors (Lipinski definition) is 7. The Balaban J connectivity index is 1.51. The molecule has 0 fully saturated rings. The summed E-state index contributed by atoms with van der Waals surface area (Å²) in [6.45, 7) is 8.29. The summed E-state index contributed by atoms with van der Waals surface area (Å²) in [5.74, 6) is 1.99. The van der Waals surface area contributed by atoms with E-state index < -0.39 is 12.1 Å². The molecule has 0 aliphatic carbocycles. The van der Waals surface area contributed by atoms with Crippen molar-refractivity contribution in [3.05, 3.63) is 43.2 Å². The lowest BCUT2D eigenvalue weighted by molar-refractivity contribution is -0.129. The molecule has 0 saturated heterocycles. The number of Topliss-reactive ketones (excluding diaryl/α,β-unsaturated/α-hetero) is 1. The molecule has 0 spiro atoms. The number of carbonyl (C=O) groups is 1. The van der Waals surface area contributed by atoms with Gasteiger partial charge < -0.3 is 19.0 Å². The van der Waals surface area contributed by atoms with Gasteiger partial charge in [-0.3, -0.25) is 4.79 Å². The predicted octanol–water partition coefficient (Wildman–Crippen LogP) is 2.94. The van der Waals surface area contributed by atoms with Gasteiger partial charge in [0.2, 0.25) is 0 Å². The maximum Gasteiger partial charge on any atom is 0.183 e. The Morgan fingerprint density at radius 2 is 2.00 bits per heavy atom. The highest BCUT2D eigenvalue weighted by atomic mass is 16.5. The summed E-state index contributed by atoms with van der Waals surface area (Å²) in [6.07, 6.45) is 6.97. The molecule has 4 aromatic rings. The Morgan fingerprint density at radius 1 is 1.18 bits per heavy atom. The summed E-state index contributed by atoms with van der Waals surface area (Å²) >= 11 is 0. The summed E-state index contributed by atoms with van der Waals surface area (Å²) in [5.41, 5.74) is 2.35. The lowest BCUT2D eigenvalue weighted by atomic mass is 9.99. The first-order chi connectivity index (χ1) is 16.3. The largest absolute Gasteiger partial charge is 0.491 e. The smallest absolute Gasteiger partial charge is 0.183 e. The Bertz CT molecular complexity index is 1360. The Labute approximate surface area is 196 Å². The quantitative estimate of drug-likeness (QED) is 0.470. The third-order valence-electron chi connectivity index (χ3n) is 6.23. The van der Waals surface area contributed by atoms with E-state index in [-0.39, 0.29) is 11.8 Å². The van der Waals surface area contributed by atoms with Crippen molar-refractivity contribution < 1.29 is 14.6 Å². The van der Waals surface area contributed by atoms with Crippen LogP contribution in [0.2, 0.25) is 0 Å². The molecule has 10 heteroatoms. The summed E-state index contributed by atoms with van der Waals surface area (Å²) in [5, 5.41) is 13.6. The molecule has 5 rings (SSSR count). The van der Waals surface area contributed by atoms with Crippen LogP contribution in [0.4, 0.5) is 0 Å². The van der Waals surface area contributed by atoms with Crippen LogP contribution in [0.15, 0.2) is 43.2 Å². The standard InChI is InChI=1S/C24H27N7O3/c1-15(2)31-23(25-13-27-31)19-10-29-7-8-34-20-9-16(5-6-17(20)22(29)28-19)18-11-30(14-26-18)24(3,4)21(33)12-32/h5-6,9-11,13-15,32H,7-8,12H2,1-4H3. The molecule has 1 aliphatic rings. The molecule has 4 heterocycles. The number of benzene rings is 1. The summed E-state index contributed by atoms with van der Waals surface area (Å²) in [4.78, 5) is 25.9. The van der Waals surface area contributed by atoms with E-state index in [0.717, 1.165) is 34.2 Å². The van der Waals surface area contributed by atoms with Crippen molar-refractivity contribution in [2.75, 3.05) is 13.2 Å². The van der Waals surface area contributed by atoms with E-state index >= 15 is 0 Å². The topological polar surface area (TPSA) is 113 Å². The van der Waals surface area contributed by atoms with E-state index in [1.165, 1.54) is 0 Å². The van der Waals surface area contributed by atoms with Crippen LogP contribution >= 0.6 is 0 Å². The van der Waals surface area contributed by atoms with Crippen LogP contribution in [0.5, 0.6) is 5.75 Å². The molecular weight excluding hydrogens is 434 g/mol. The maximum atomic E-state index is 12.1. The van der Waals surface area contributed by atoms with Gasteiger partial charge in [0.05, 0.1) is 24.1 Å². The zero-order valence-electron chi connectivity index (χ0n) is 19.6. The number of aliphatic hydroxyl groups excluding tert-OH is 1. The Morgan fingerprint density at radius 3 is 2.76 bits per heavy atom. The first-order valence-electron chi connectivity index (χ1n) is 11.2. The number of carbonyl (C=O) groups excluding carboxylic acids is 1. The molecule has 0 unspecified atom stereocenters. The van der Waals surface area contributed by atoms with Crippen molar-refractivity contribution in [3.63, 3.8) is 0 Å². The van der Waals surface area contributed by atoms with Gasteiger partial charge in [-0.25, -0.2) is 19.6 Å². The molecule has 0 atom stereocenters. The number of ketones is 1. The van der Waals surface area contributed by atoms with E-state index in [0.29, 0.717) is 18.8 Å². The van der Waals surface area contributed by atoms with Gasteiger partial charge in [0.1, 0.15) is 42.3 Å². The summed E-state index contributed by atoms with van der Waals surface area (Å²) in [7, 11) is 0. The average molecular weight is 462 g/mol. The molecule has 1 aromatic carbocycles. The van der Waals surface area contributed by atoms with Crippen molar-refractivity contribution in [1.82, 2.24) is 33.9 Å². The van der Waals surface area contributed by atoms with Crippen LogP contribution in [0.25, 0.3) is 34.2 Å². The average Bonchev–Trinajstić information content (AvgIpc) is 3.56. The van der Waals surface area contributed by atoms with Gasteiger partial charge in [-0.05, 0) is 39.8 Å². The summed E-state index contributed by atoms with van der Waals surface area (Å²) < 4.78 is 11.7. The number of imidazole rings is 2. The zero-order valence-corrected chi connectivity index (χ0v) is 19.6. The number of hydrogen-bond donors (Lipinski definition) is 1. The molecule has 0 saturated carbocycles. The SMILES string of the molecule is CC(C)n1ncnc1-c1cn2c(n1)-c1ccc(-c3cn(C(C)(C)C(=O)CO)cn3)cc1OCC2. The monoisotopic (exact) mass is 461 g/mol. The van der Waals surface area contributed by atoms with Crippen LogP contribution in [-0.2, 0) is 16.9 Å². The number of ether oxygens (including phenoxy) is 1. The van der Waals surface area contributed by atoms with Crippen LogP contribution in [0.3, 0.4) is 0 Å². The van der Waals surface area contributed by atoms with Gasteiger partial charge in [-0.2, -0.15) is 5.10 Å². The van der Waals surface area contributed by atoms with Crippen LogP contribution in [0.1, 0.15) is 33.7 Å². The summed E-state index contributed by atoms with van der Waals surface area (Å²) in [6, 6.07) is 6.07. The number of aliphatic hydroxyl groups is 1. The first kappa shape index (κ1) is 22.0. The molecule has 10 nitrogen and oxygen atoms in total. The highest BCUT2D eigenvalue weighted by molar-refractivity contribution is 5.86. The molecule has 3 aromatic heterocycles. The Kier molecular flexibility index (Phi) is 5.32. The lowest BCUT2D eigenvalue weighted by Crippen LogP contribution is -2.37. The minimum absolute atomic E-state index is 0.176. The van der Waals surface area contributed by atoms with Gasteiger partial charge in [-0.15, -0.1) is 0 Å². The van der Waals surface area contributed by atoms with E-state index in [1.54, 1.807) is 31.1 Å². The van der Waals surface area contributed by atoms with Crippen molar-refractivity contribution in [1.29, 1.82) is 0 Å². The highest BCUT2D eigenvalue weighted by Gasteiger charge is 2.29. The lowest BCUT2D eigenvalue weighted by Gasteiger charge is -2.23. The molecule has 1 N–H and O–H groups in total. The van der Waals surface area contributed by atoms with E-state index in [9.17, 15) is 9.90 Å². The van der Waals surface area contributed by atoms with Gasteiger partial charge in [0.25, 0.3) is 0 Å². The fourth-order valence-electron chi connectivity index (χ4n) is 4.08. The van der Waals surface area contributed by atoms with Crippen molar-refractivity contribution in [3.8, 4) is 39.9 Å². The number of rotatable bonds is 6. The van der Waals surface area contributed by atoms with E-state index in [4.69, 9.17) is 9.72 Å². The molecular formula is C24H27N7O3. The highest BCUT2D eigenvalue weighted by Crippen LogP contribution is 2.36. The second-order valence-corrected chi connectivity index (χ2v) is 9.13. The molecule has 34 heavy (non-hydrogen) atoms. The van der Waals surface area contributed by atoms with Gasteiger partial charge in [-0.1, -0.05) is 6.07 Å². The van der Waals surface area contributed by atoms with Gasteiger partial charge >= 0.3 is 0 Å². The van der Waals surface area contributed by atoms with Gasteiger partial charge in [0.15, 0.2) is 11.6 Å². The molecule has 176 valence electrons. The maximum absolute atomic E-state index is 12.1. The van der Waals surface area contributed by atoms with Crippen molar-refractivity contribution in [2.24, 2.45) is 0 Å². The van der Waals surface area contributed by atoms with Crippen LogP contribution in [0, 0.1) is 0 Å². The van der Waals surface area contributed by atoms with Crippen molar-refractivity contribution in [2.45, 2.75) is 45.8 Å². The molecule has 0 radical (unpaired) electrons. The fourth-order valence-corrected chi connectivity index (χ4v) is 4.08. The second-order valence-electron chi connectivity index (χ2n) is 9.13. The minimum Gasteiger partial charge on any atom is -0.491 e. The normalized spacial score (nSPS) is 13.4. The Hall–Kier alpha value is -3.79. The van der Waals surface area contributed by atoms with Crippen molar-refractivity contribution >= 4 is 5.78 Å². The molecule has 0 bridgehead atoms. The number of fused-ring (bicyclic) bond motifs is 3. The number of aromatic nitrogens is 7. The molecule has 0 amide bonds.